The number of benzene rings is 2. The van der Waals surface area contributed by atoms with E-state index < -0.39 is 0 Å². The highest BCUT2D eigenvalue weighted by atomic mass is 32.2. The Morgan fingerprint density at radius 2 is 1.68 bits per heavy atom. The molecule has 0 saturated heterocycles. The van der Waals surface area contributed by atoms with Gasteiger partial charge in [-0.2, -0.15) is 0 Å². The molecule has 0 radical (unpaired) electrons. The van der Waals surface area contributed by atoms with Crippen molar-refractivity contribution >= 4 is 29.5 Å². The van der Waals surface area contributed by atoms with Crippen molar-refractivity contribution in [2.75, 3.05) is 0 Å². The summed E-state index contributed by atoms with van der Waals surface area (Å²) in [6.45, 7) is 5.18. The predicted molar refractivity (Wildman–Crippen MR) is 108 cm³/mol. The van der Waals surface area contributed by atoms with Gasteiger partial charge >= 0.3 is 0 Å². The second-order valence-corrected chi connectivity index (χ2v) is 8.86. The highest BCUT2D eigenvalue weighted by molar-refractivity contribution is 8.02. The molecular formula is C22H20BNS. The second-order valence-electron chi connectivity index (χ2n) is 7.64. The first-order valence-corrected chi connectivity index (χ1v) is 9.82. The molecule has 3 heteroatoms. The summed E-state index contributed by atoms with van der Waals surface area (Å²) in [5.41, 5.74) is 5.75. The van der Waals surface area contributed by atoms with Gasteiger partial charge in [-0.25, -0.2) is 0 Å². The Morgan fingerprint density at radius 1 is 0.920 bits per heavy atom. The third-order valence-corrected chi connectivity index (χ3v) is 7.39. The zero-order valence-corrected chi connectivity index (χ0v) is 15.3. The maximum Gasteiger partial charge on any atom is 0.247 e. The van der Waals surface area contributed by atoms with E-state index in [-0.39, 0.29) is 5.41 Å². The van der Waals surface area contributed by atoms with Crippen molar-refractivity contribution < 1.29 is 0 Å². The molecule has 2 unspecified atom stereocenters. The van der Waals surface area contributed by atoms with E-state index in [4.69, 9.17) is 4.98 Å². The van der Waals surface area contributed by atoms with Crippen molar-refractivity contribution in [3.8, 4) is 0 Å². The lowest BCUT2D eigenvalue weighted by atomic mass is 9.32. The Balaban J connectivity index is 1.78. The van der Waals surface area contributed by atoms with E-state index in [1.807, 2.05) is 24.0 Å². The predicted octanol–water partition coefficient (Wildman–Crippen LogP) is 3.78. The molecule has 2 aromatic carbocycles. The van der Waals surface area contributed by atoms with Gasteiger partial charge in [0.2, 0.25) is 6.71 Å². The van der Waals surface area contributed by atoms with Gasteiger partial charge in [-0.05, 0) is 34.7 Å². The van der Waals surface area contributed by atoms with Crippen LogP contribution in [0.2, 0.25) is 0 Å². The summed E-state index contributed by atoms with van der Waals surface area (Å²) in [4.78, 5) is 6.20. The first kappa shape index (κ1) is 15.3. The summed E-state index contributed by atoms with van der Waals surface area (Å²) < 4.78 is 0. The Labute approximate surface area is 154 Å². The number of nitrogens with zero attached hydrogens (tertiary/aromatic N) is 1. The van der Waals surface area contributed by atoms with Crippen LogP contribution < -0.4 is 11.1 Å². The standard InChI is InChI=1S/C22H20BNS/c1-22(2)16-10-4-5-11-17(16)23(19-13-7-8-14-24-19)21-20(22)15-9-3-6-12-18(15)25-21/h3-14,20-21H,1-2H3. The van der Waals surface area contributed by atoms with Crippen molar-refractivity contribution in [3.05, 3.63) is 84.1 Å². The van der Waals surface area contributed by atoms with E-state index in [1.54, 1.807) is 0 Å². The van der Waals surface area contributed by atoms with Crippen molar-refractivity contribution in [2.45, 2.75) is 35.2 Å². The number of rotatable bonds is 1. The Hall–Kier alpha value is -2.00. The van der Waals surface area contributed by atoms with E-state index in [1.165, 1.54) is 27.1 Å². The Bertz CT molecular complexity index is 938. The highest BCUT2D eigenvalue weighted by Gasteiger charge is 2.54. The van der Waals surface area contributed by atoms with Gasteiger partial charge in [0, 0.05) is 27.8 Å². The topological polar surface area (TPSA) is 12.9 Å². The van der Waals surface area contributed by atoms with E-state index >= 15 is 0 Å². The first-order valence-electron chi connectivity index (χ1n) is 8.94. The van der Waals surface area contributed by atoms with E-state index in [9.17, 15) is 0 Å². The molecule has 0 aliphatic carbocycles. The first-order chi connectivity index (χ1) is 12.2. The van der Waals surface area contributed by atoms with Gasteiger partial charge in [0.25, 0.3) is 0 Å². The minimum atomic E-state index is 0.117. The molecule has 2 aliphatic heterocycles. The summed E-state index contributed by atoms with van der Waals surface area (Å²) >= 11 is 2.05. The zero-order valence-electron chi connectivity index (χ0n) is 14.5. The fourth-order valence-corrected chi connectivity index (χ4v) is 6.71. The summed E-state index contributed by atoms with van der Waals surface area (Å²) in [5.74, 6) is 0.510. The van der Waals surface area contributed by atoms with Gasteiger partial charge < -0.3 is 0 Å². The quantitative estimate of drug-likeness (QED) is 0.625. The monoisotopic (exact) mass is 341 g/mol. The summed E-state index contributed by atoms with van der Waals surface area (Å²) in [7, 11) is 0. The Morgan fingerprint density at radius 3 is 2.52 bits per heavy atom. The number of hydrogen-bond acceptors (Lipinski definition) is 2. The average molecular weight is 341 g/mol. The van der Waals surface area contributed by atoms with E-state index in [0.717, 1.165) is 0 Å². The van der Waals surface area contributed by atoms with Crippen LogP contribution in [-0.4, -0.2) is 16.8 Å². The molecule has 5 rings (SSSR count). The van der Waals surface area contributed by atoms with Crippen LogP contribution in [0, 0.1) is 0 Å². The lowest BCUT2D eigenvalue weighted by molar-refractivity contribution is 0.426. The molecular weight excluding hydrogens is 321 g/mol. The van der Waals surface area contributed by atoms with Gasteiger partial charge in [0.15, 0.2) is 0 Å². The molecule has 0 saturated carbocycles. The molecule has 0 fully saturated rings. The highest BCUT2D eigenvalue weighted by Crippen LogP contribution is 2.56. The van der Waals surface area contributed by atoms with Crippen LogP contribution in [0.3, 0.4) is 0 Å². The van der Waals surface area contributed by atoms with E-state index in [2.05, 4.69) is 74.5 Å². The fraction of sp³-hybridized carbons (Fsp3) is 0.227. The van der Waals surface area contributed by atoms with Crippen molar-refractivity contribution in [1.82, 2.24) is 4.98 Å². The van der Waals surface area contributed by atoms with Crippen LogP contribution in [0.15, 0.2) is 77.8 Å². The maximum absolute atomic E-state index is 4.76. The van der Waals surface area contributed by atoms with Crippen LogP contribution in [-0.2, 0) is 5.41 Å². The number of hydrogen-bond donors (Lipinski definition) is 0. The Kier molecular flexibility index (Phi) is 3.36. The summed E-state index contributed by atoms with van der Waals surface area (Å²) in [6.07, 6.45) is 1.93. The smallest absolute Gasteiger partial charge is 0.247 e. The van der Waals surface area contributed by atoms with Gasteiger partial charge in [-0.3, -0.25) is 4.98 Å². The maximum atomic E-state index is 4.76. The van der Waals surface area contributed by atoms with Crippen LogP contribution >= 0.6 is 11.8 Å². The van der Waals surface area contributed by atoms with Crippen LogP contribution in [0.4, 0.5) is 0 Å². The number of aromatic nitrogens is 1. The largest absolute Gasteiger partial charge is 0.271 e. The SMILES string of the molecule is CC1(C)c2ccccc2B(c2ccccn2)C2Sc3ccccc3C21. The normalized spacial score (nSPS) is 22.9. The van der Waals surface area contributed by atoms with Crippen LogP contribution in [0.25, 0.3) is 0 Å². The minimum Gasteiger partial charge on any atom is -0.271 e. The molecule has 1 aromatic heterocycles. The third kappa shape index (κ3) is 2.15. The molecule has 0 amide bonds. The summed E-state index contributed by atoms with van der Waals surface area (Å²) in [5, 5.41) is 0.497. The molecule has 1 nitrogen and oxygen atoms in total. The van der Waals surface area contributed by atoms with Gasteiger partial charge in [0.05, 0.1) is 0 Å². The third-order valence-electron chi connectivity index (χ3n) is 5.95. The average Bonchev–Trinajstić information content (AvgIpc) is 3.03. The molecule has 0 bridgehead atoms. The van der Waals surface area contributed by atoms with Crippen molar-refractivity contribution in [1.29, 1.82) is 0 Å². The van der Waals surface area contributed by atoms with Crippen LogP contribution in [0.5, 0.6) is 0 Å². The number of thioether (sulfide) groups is 1. The molecule has 2 aliphatic rings. The number of pyridine rings is 1. The lowest BCUT2D eigenvalue weighted by Gasteiger charge is -2.45. The summed E-state index contributed by atoms with van der Waals surface area (Å²) in [6, 6.07) is 24.3. The molecule has 3 heterocycles. The van der Waals surface area contributed by atoms with Crippen LogP contribution in [0.1, 0.15) is 30.9 Å². The molecule has 3 aromatic rings. The minimum absolute atomic E-state index is 0.117. The second kappa shape index (κ2) is 5.50. The zero-order chi connectivity index (χ0) is 17.0. The molecule has 0 spiro atoms. The molecule has 2 atom stereocenters. The van der Waals surface area contributed by atoms with E-state index in [0.29, 0.717) is 17.8 Å². The number of fused-ring (bicyclic) bond motifs is 4. The van der Waals surface area contributed by atoms with Crippen molar-refractivity contribution in [3.63, 3.8) is 0 Å². The lowest BCUT2D eigenvalue weighted by Crippen LogP contribution is -2.61. The van der Waals surface area contributed by atoms with Gasteiger partial charge in [0.1, 0.15) is 0 Å². The van der Waals surface area contributed by atoms with Gasteiger partial charge in [-0.15, -0.1) is 11.8 Å². The molecule has 25 heavy (non-hydrogen) atoms. The molecule has 0 N–H and O–H groups in total. The van der Waals surface area contributed by atoms with Crippen molar-refractivity contribution in [2.24, 2.45) is 0 Å². The fourth-order valence-electron chi connectivity index (χ4n) is 4.88. The molecule has 122 valence electrons. The van der Waals surface area contributed by atoms with Gasteiger partial charge in [-0.1, -0.05) is 67.8 Å².